The highest BCUT2D eigenvalue weighted by Crippen LogP contribution is 2.56. The molecule has 0 unspecified atom stereocenters. The van der Waals surface area contributed by atoms with Crippen molar-refractivity contribution in [1.82, 2.24) is 0 Å². The van der Waals surface area contributed by atoms with Crippen LogP contribution in [0.4, 0.5) is 0 Å². The first-order valence-corrected chi connectivity index (χ1v) is 11.6. The minimum atomic E-state index is -1.61. The van der Waals surface area contributed by atoms with Crippen molar-refractivity contribution in [2.45, 2.75) is 59.7 Å². The predicted molar refractivity (Wildman–Crippen MR) is 137 cm³/mol. The second kappa shape index (κ2) is 9.22. The summed E-state index contributed by atoms with van der Waals surface area (Å²) in [4.78, 5) is 0. The first-order valence-electron chi connectivity index (χ1n) is 11.6. The highest BCUT2D eigenvalue weighted by atomic mass is 16.5. The van der Waals surface area contributed by atoms with Crippen LogP contribution in [0.25, 0.3) is 0 Å². The maximum Gasteiger partial charge on any atom is 0.208 e. The molecule has 0 amide bonds. The highest BCUT2D eigenvalue weighted by molar-refractivity contribution is 5.70. The van der Waals surface area contributed by atoms with Crippen molar-refractivity contribution >= 4 is 0 Å². The Morgan fingerprint density at radius 2 is 0.667 bits per heavy atom. The van der Waals surface area contributed by atoms with E-state index >= 15 is 0 Å². The van der Waals surface area contributed by atoms with E-state index in [4.69, 9.17) is 9.47 Å². The van der Waals surface area contributed by atoms with Crippen molar-refractivity contribution in [3.63, 3.8) is 0 Å². The van der Waals surface area contributed by atoms with E-state index in [1.54, 1.807) is 26.8 Å². The average Bonchev–Trinajstić information content (AvgIpc) is 2.84. The van der Waals surface area contributed by atoms with Gasteiger partial charge in [-0.1, -0.05) is 0 Å². The van der Waals surface area contributed by atoms with Gasteiger partial charge in [0.25, 0.3) is 0 Å². The van der Waals surface area contributed by atoms with E-state index in [9.17, 15) is 51.1 Å². The molecule has 0 saturated carbocycles. The lowest BCUT2D eigenvalue weighted by Gasteiger charge is -2.33. The number of hydrogen-bond donors (Lipinski definition) is 10. The molecule has 0 bridgehead atoms. The molecule has 0 aliphatic carbocycles. The number of benzene rings is 3. The van der Waals surface area contributed by atoms with Crippen molar-refractivity contribution in [2.24, 2.45) is 0 Å². The van der Waals surface area contributed by atoms with E-state index in [0.717, 1.165) is 0 Å². The van der Waals surface area contributed by atoms with Gasteiger partial charge < -0.3 is 60.5 Å². The fourth-order valence-corrected chi connectivity index (χ4v) is 4.59. The number of rotatable bonds is 6. The third kappa shape index (κ3) is 4.47. The lowest BCUT2D eigenvalue weighted by atomic mass is 9.93. The summed E-state index contributed by atoms with van der Waals surface area (Å²) >= 11 is 0. The van der Waals surface area contributed by atoms with Gasteiger partial charge in [-0.25, -0.2) is 0 Å². The first kappa shape index (κ1) is 28.8. The van der Waals surface area contributed by atoms with Crippen molar-refractivity contribution in [3.05, 3.63) is 33.9 Å². The largest absolute Gasteiger partial charge is 0.504 e. The van der Waals surface area contributed by atoms with E-state index in [-0.39, 0.29) is 11.5 Å². The second-order valence-corrected chi connectivity index (χ2v) is 10.3. The molecular formula is C27H32O12. The van der Waals surface area contributed by atoms with Gasteiger partial charge in [0, 0.05) is 5.56 Å². The summed E-state index contributed by atoms with van der Waals surface area (Å²) in [5.41, 5.74) is -2.50. The fraction of sp³-hybridized carbons (Fsp3) is 0.333. The van der Waals surface area contributed by atoms with E-state index in [1.165, 1.54) is 27.7 Å². The van der Waals surface area contributed by atoms with E-state index in [1.807, 2.05) is 0 Å². The Balaban J connectivity index is 2.16. The molecule has 10 N–H and O–H groups in total. The van der Waals surface area contributed by atoms with Crippen molar-refractivity contribution in [3.8, 4) is 69.0 Å². The summed E-state index contributed by atoms with van der Waals surface area (Å²) < 4.78 is 12.3. The van der Waals surface area contributed by atoms with Crippen LogP contribution in [0.5, 0.6) is 69.0 Å². The minimum Gasteiger partial charge on any atom is -0.504 e. The summed E-state index contributed by atoms with van der Waals surface area (Å²) in [6, 6.07) is 1.68. The third-order valence-corrected chi connectivity index (χ3v) is 6.49. The Kier molecular flexibility index (Phi) is 6.82. The SMILES string of the molecule is Cc1cc(C)c(OC(C)(C)c2c(O)c(O)c(O)c(O)c2O)c(C)c1OC(C)(C)c1c(O)c(O)c(O)c(O)c1O. The molecule has 3 rings (SSSR count). The van der Waals surface area contributed by atoms with Gasteiger partial charge in [-0.15, -0.1) is 0 Å². The molecule has 3 aromatic carbocycles. The zero-order valence-corrected chi connectivity index (χ0v) is 22.4. The molecule has 0 aliphatic heterocycles. The van der Waals surface area contributed by atoms with Crippen LogP contribution in [0.1, 0.15) is 55.5 Å². The van der Waals surface area contributed by atoms with Crippen molar-refractivity contribution in [1.29, 1.82) is 0 Å². The smallest absolute Gasteiger partial charge is 0.208 e. The van der Waals surface area contributed by atoms with Gasteiger partial charge in [-0.3, -0.25) is 0 Å². The molecule has 0 spiro atoms. The van der Waals surface area contributed by atoms with E-state index in [2.05, 4.69) is 0 Å². The van der Waals surface area contributed by atoms with Gasteiger partial charge in [-0.2, -0.15) is 0 Å². The lowest BCUT2D eigenvalue weighted by Crippen LogP contribution is -2.28. The lowest BCUT2D eigenvalue weighted by molar-refractivity contribution is 0.0886. The van der Waals surface area contributed by atoms with Crippen LogP contribution in [0.15, 0.2) is 6.07 Å². The highest BCUT2D eigenvalue weighted by Gasteiger charge is 2.38. The predicted octanol–water partition coefficient (Wildman–Crippen LogP) is 4.30. The van der Waals surface area contributed by atoms with Gasteiger partial charge >= 0.3 is 0 Å². The molecule has 3 aromatic rings. The van der Waals surface area contributed by atoms with Crippen LogP contribution in [-0.2, 0) is 11.2 Å². The van der Waals surface area contributed by atoms with Gasteiger partial charge in [0.1, 0.15) is 22.7 Å². The molecule has 212 valence electrons. The zero-order chi connectivity index (χ0) is 29.9. The topological polar surface area (TPSA) is 221 Å². The summed E-state index contributed by atoms with van der Waals surface area (Å²) in [7, 11) is 0. The summed E-state index contributed by atoms with van der Waals surface area (Å²) in [6.07, 6.45) is 0. The molecular weight excluding hydrogens is 516 g/mol. The van der Waals surface area contributed by atoms with Gasteiger partial charge in [0.05, 0.1) is 11.1 Å². The molecule has 12 nitrogen and oxygen atoms in total. The molecule has 0 aliphatic rings. The summed E-state index contributed by atoms with van der Waals surface area (Å²) in [5, 5.41) is 101. The van der Waals surface area contributed by atoms with Gasteiger partial charge in [0.15, 0.2) is 23.0 Å². The molecule has 0 aromatic heterocycles. The Morgan fingerprint density at radius 1 is 0.436 bits per heavy atom. The average molecular weight is 549 g/mol. The van der Waals surface area contributed by atoms with Crippen LogP contribution in [0.3, 0.4) is 0 Å². The number of ether oxygens (including phenoxy) is 2. The van der Waals surface area contributed by atoms with Crippen LogP contribution in [0, 0.1) is 20.8 Å². The Hall–Kier alpha value is -4.74. The van der Waals surface area contributed by atoms with Crippen LogP contribution >= 0.6 is 0 Å². The minimum absolute atomic E-state index is 0.201. The molecule has 0 saturated heterocycles. The maximum absolute atomic E-state index is 10.4. The van der Waals surface area contributed by atoms with Crippen molar-refractivity contribution < 1.29 is 60.5 Å². The van der Waals surface area contributed by atoms with Crippen LogP contribution < -0.4 is 9.47 Å². The molecule has 39 heavy (non-hydrogen) atoms. The quantitative estimate of drug-likeness (QED) is 0.154. The summed E-state index contributed by atoms with van der Waals surface area (Å²) in [6.45, 7) is 10.8. The normalized spacial score (nSPS) is 12.0. The summed E-state index contributed by atoms with van der Waals surface area (Å²) in [5.74, 6) is -9.68. The van der Waals surface area contributed by atoms with Crippen LogP contribution in [-0.4, -0.2) is 51.1 Å². The van der Waals surface area contributed by atoms with Crippen LogP contribution in [0.2, 0.25) is 0 Å². The molecule has 0 atom stereocenters. The van der Waals surface area contributed by atoms with Crippen molar-refractivity contribution in [2.75, 3.05) is 0 Å². The number of hydrogen-bond acceptors (Lipinski definition) is 12. The standard InChI is InChI=1S/C27H32O12/c1-9-8-10(2)25(39-27(6,7)13-16(30)20(34)23(37)21(35)17(13)31)11(3)24(9)38-26(4,5)12-14(28)18(32)22(36)19(33)15(12)29/h8,28-37H,1-7H3. The first-order chi connectivity index (χ1) is 17.8. The molecule has 0 fully saturated rings. The van der Waals surface area contributed by atoms with E-state index in [0.29, 0.717) is 16.7 Å². The van der Waals surface area contributed by atoms with Gasteiger partial charge in [0.2, 0.25) is 34.5 Å². The fourth-order valence-electron chi connectivity index (χ4n) is 4.59. The Morgan fingerprint density at radius 3 is 0.923 bits per heavy atom. The third-order valence-electron chi connectivity index (χ3n) is 6.49. The van der Waals surface area contributed by atoms with E-state index < -0.39 is 79.8 Å². The second-order valence-electron chi connectivity index (χ2n) is 10.3. The molecule has 0 heterocycles. The van der Waals surface area contributed by atoms with Gasteiger partial charge in [-0.05, 0) is 65.7 Å². The number of aromatic hydroxyl groups is 10. The maximum atomic E-state index is 10.4. The molecule has 0 radical (unpaired) electrons. The zero-order valence-electron chi connectivity index (χ0n) is 22.4. The number of phenols is 10. The Bertz CT molecular complexity index is 1320. The number of aryl methyl sites for hydroxylation is 2. The number of phenolic OH excluding ortho intramolecular Hbond substituents is 10. The Labute approximate surface area is 223 Å². The monoisotopic (exact) mass is 548 g/mol. The molecule has 12 heteroatoms.